The number of quaternary nitrogens is 1. The van der Waals surface area contributed by atoms with E-state index in [-0.39, 0.29) is 42.7 Å². The molecule has 0 saturated carbocycles. The molecule has 0 radical (unpaired) electrons. The molecule has 2 atom stereocenters. The molecule has 344 valence electrons. The van der Waals surface area contributed by atoms with Crippen LogP contribution in [0.2, 0.25) is 0 Å². The van der Waals surface area contributed by atoms with Gasteiger partial charge in [0.15, 0.2) is 12.1 Å². The molecule has 0 aliphatic heterocycles. The molecule has 8 heteroatoms. The Morgan fingerprint density at radius 2 is 0.933 bits per heavy atom. The molecule has 0 rings (SSSR count). The molecule has 0 bridgehead atoms. The molecule has 0 aliphatic carbocycles. The molecule has 0 aliphatic rings. The summed E-state index contributed by atoms with van der Waals surface area (Å²) in [7, 11) is 5.51. The molecule has 8 nitrogen and oxygen atoms in total. The number of unbranched alkanes of at least 4 members (excludes halogenated alkanes) is 16. The van der Waals surface area contributed by atoms with Crippen molar-refractivity contribution in [1.29, 1.82) is 0 Å². The lowest BCUT2D eigenvalue weighted by atomic mass is 10.0. The van der Waals surface area contributed by atoms with Gasteiger partial charge in [0.25, 0.3) is 0 Å². The van der Waals surface area contributed by atoms with Gasteiger partial charge in [-0.15, -0.1) is 0 Å². The minimum absolute atomic E-state index is 0.0417. The highest BCUT2D eigenvalue weighted by Crippen LogP contribution is 2.15. The SMILES string of the molecule is CC/C=C/C/C=C/C/C=C/C/C=C/C/C=C/C/C=C/CCCC(=O)OCC(COCCC(C(=O)O)[N+](C)(C)C)OC(=O)CCCCCCCCCCCCCCCCCC. The van der Waals surface area contributed by atoms with Gasteiger partial charge in [-0.3, -0.25) is 9.59 Å². The minimum atomic E-state index is -0.883. The Bertz CT molecular complexity index is 1210. The first-order valence-electron chi connectivity index (χ1n) is 24.0. The first-order chi connectivity index (χ1) is 29.1. The quantitative estimate of drug-likeness (QED) is 0.0283. The Morgan fingerprint density at radius 1 is 0.517 bits per heavy atom. The van der Waals surface area contributed by atoms with Crippen molar-refractivity contribution in [2.45, 2.75) is 199 Å². The maximum absolute atomic E-state index is 12.8. The summed E-state index contributed by atoms with van der Waals surface area (Å²) >= 11 is 0. The van der Waals surface area contributed by atoms with Gasteiger partial charge in [0.05, 0.1) is 34.4 Å². The van der Waals surface area contributed by atoms with Gasteiger partial charge in [0.2, 0.25) is 0 Å². The van der Waals surface area contributed by atoms with Gasteiger partial charge in [-0.25, -0.2) is 4.79 Å². The van der Waals surface area contributed by atoms with Gasteiger partial charge in [-0.2, -0.15) is 0 Å². The molecule has 0 aromatic heterocycles. The number of nitrogens with zero attached hydrogens (tertiary/aromatic N) is 1. The molecule has 1 N–H and O–H groups in total. The second-order valence-corrected chi connectivity index (χ2v) is 17.0. The summed E-state index contributed by atoms with van der Waals surface area (Å²) in [5.41, 5.74) is 0. The number of likely N-dealkylation sites (N-methyl/N-ethyl adjacent to an activating group) is 1. The number of hydrogen-bond donors (Lipinski definition) is 1. The van der Waals surface area contributed by atoms with Gasteiger partial charge in [-0.05, 0) is 57.8 Å². The van der Waals surface area contributed by atoms with Gasteiger partial charge in [-0.1, -0.05) is 183 Å². The number of aliphatic carboxylic acids is 1. The third-order valence-electron chi connectivity index (χ3n) is 10.4. The van der Waals surface area contributed by atoms with Crippen LogP contribution in [0, 0.1) is 0 Å². The molecule has 0 aromatic rings. The lowest BCUT2D eigenvalue weighted by Gasteiger charge is -2.31. The molecular formula is C52H90NO7+. The van der Waals surface area contributed by atoms with Crippen LogP contribution < -0.4 is 0 Å². The lowest BCUT2D eigenvalue weighted by molar-refractivity contribution is -0.887. The van der Waals surface area contributed by atoms with Crippen molar-refractivity contribution in [3.05, 3.63) is 72.9 Å². The highest BCUT2D eigenvalue weighted by molar-refractivity contribution is 5.72. The van der Waals surface area contributed by atoms with Crippen molar-refractivity contribution < 1.29 is 38.2 Å². The number of carboxylic acids is 1. The lowest BCUT2D eigenvalue weighted by Crippen LogP contribution is -2.50. The Balaban J connectivity index is 4.40. The zero-order chi connectivity index (χ0) is 44.2. The largest absolute Gasteiger partial charge is 0.477 e. The zero-order valence-electron chi connectivity index (χ0n) is 39.1. The smallest absolute Gasteiger partial charge is 0.362 e. The number of ether oxygens (including phenoxy) is 3. The Morgan fingerprint density at radius 3 is 1.37 bits per heavy atom. The maximum atomic E-state index is 12.8. The van der Waals surface area contributed by atoms with Gasteiger partial charge >= 0.3 is 17.9 Å². The van der Waals surface area contributed by atoms with E-state index < -0.39 is 18.1 Å². The Kier molecular flexibility index (Phi) is 40.2. The van der Waals surface area contributed by atoms with Crippen molar-refractivity contribution in [2.75, 3.05) is 41.0 Å². The molecule has 0 saturated heterocycles. The summed E-state index contributed by atoms with van der Waals surface area (Å²) in [6.45, 7) is 4.57. The van der Waals surface area contributed by atoms with E-state index in [1.165, 1.54) is 83.5 Å². The molecule has 2 unspecified atom stereocenters. The van der Waals surface area contributed by atoms with E-state index >= 15 is 0 Å². The van der Waals surface area contributed by atoms with Crippen molar-refractivity contribution in [3.8, 4) is 0 Å². The second kappa shape index (κ2) is 42.5. The van der Waals surface area contributed by atoms with Crippen LogP contribution in [0.3, 0.4) is 0 Å². The fourth-order valence-corrected chi connectivity index (χ4v) is 6.69. The average Bonchev–Trinajstić information content (AvgIpc) is 3.21. The monoisotopic (exact) mass is 841 g/mol. The van der Waals surface area contributed by atoms with E-state index in [1.54, 1.807) is 0 Å². The van der Waals surface area contributed by atoms with E-state index in [1.807, 2.05) is 21.1 Å². The van der Waals surface area contributed by atoms with Crippen LogP contribution in [-0.4, -0.2) is 80.6 Å². The second-order valence-electron chi connectivity index (χ2n) is 17.0. The van der Waals surface area contributed by atoms with Crippen molar-refractivity contribution in [3.63, 3.8) is 0 Å². The highest BCUT2D eigenvalue weighted by Gasteiger charge is 2.31. The summed E-state index contributed by atoms with van der Waals surface area (Å²) < 4.78 is 17.3. The van der Waals surface area contributed by atoms with Gasteiger partial charge in [0, 0.05) is 19.3 Å². The molecule has 0 aromatic carbocycles. The maximum Gasteiger partial charge on any atom is 0.362 e. The number of rotatable bonds is 42. The predicted octanol–water partition coefficient (Wildman–Crippen LogP) is 13.5. The van der Waals surface area contributed by atoms with Crippen LogP contribution in [0.15, 0.2) is 72.9 Å². The van der Waals surface area contributed by atoms with Crippen LogP contribution in [0.25, 0.3) is 0 Å². The number of carbonyl (C=O) groups excluding carboxylic acids is 2. The Labute approximate surface area is 368 Å². The standard InChI is InChI=1S/C52H89NO7/c1-6-8-10-12-14-16-18-20-22-24-25-26-27-29-30-32-34-36-38-40-42-50(54)59-47-48(46-58-45-44-49(52(56)57)53(3,4)5)60-51(55)43-41-39-37-35-33-31-28-23-21-19-17-15-13-11-9-7-2/h8,10,14,16,20,22,25-26,29-30,34,36,48-49H,6-7,9,11-13,15,17-19,21,23-24,27-28,31-33,35,37-47H2,1-5H3/p+1/b10-8+,16-14+,22-20+,26-25+,30-29+,36-34+. The first kappa shape index (κ1) is 56.8. The summed E-state index contributed by atoms with van der Waals surface area (Å²) in [5.74, 6) is -1.54. The minimum Gasteiger partial charge on any atom is -0.477 e. The predicted molar refractivity (Wildman–Crippen MR) is 252 cm³/mol. The molecule has 60 heavy (non-hydrogen) atoms. The van der Waals surface area contributed by atoms with E-state index in [2.05, 4.69) is 86.8 Å². The number of esters is 2. The van der Waals surface area contributed by atoms with Crippen molar-refractivity contribution in [1.82, 2.24) is 0 Å². The van der Waals surface area contributed by atoms with Crippen molar-refractivity contribution >= 4 is 17.9 Å². The topological polar surface area (TPSA) is 99.1 Å². The van der Waals surface area contributed by atoms with Crippen LogP contribution in [0.4, 0.5) is 0 Å². The average molecular weight is 841 g/mol. The van der Waals surface area contributed by atoms with E-state index in [9.17, 15) is 19.5 Å². The van der Waals surface area contributed by atoms with Gasteiger partial charge < -0.3 is 23.8 Å². The third kappa shape index (κ3) is 40.2. The summed E-state index contributed by atoms with van der Waals surface area (Å²) in [5, 5.41) is 9.64. The zero-order valence-corrected chi connectivity index (χ0v) is 39.1. The molecule has 0 fully saturated rings. The normalized spacial score (nSPS) is 13.6. The Hall–Kier alpha value is -3.23. The van der Waals surface area contributed by atoms with Crippen LogP contribution in [0.1, 0.15) is 187 Å². The first-order valence-corrected chi connectivity index (χ1v) is 24.0. The molecule has 0 spiro atoms. The van der Waals surface area contributed by atoms with E-state index in [0.29, 0.717) is 19.3 Å². The van der Waals surface area contributed by atoms with E-state index in [0.717, 1.165) is 64.2 Å². The van der Waals surface area contributed by atoms with Crippen molar-refractivity contribution in [2.24, 2.45) is 0 Å². The number of carboxylic acid groups (broad SMARTS) is 1. The summed E-state index contributed by atoms with van der Waals surface area (Å²) in [6, 6.07) is -0.625. The molecular weight excluding hydrogens is 751 g/mol. The third-order valence-corrected chi connectivity index (χ3v) is 10.4. The molecule has 0 amide bonds. The number of allylic oxidation sites excluding steroid dienone is 12. The van der Waals surface area contributed by atoms with E-state index in [4.69, 9.17) is 14.2 Å². The fraction of sp³-hybridized carbons (Fsp3) is 0.712. The highest BCUT2D eigenvalue weighted by atomic mass is 16.6. The summed E-state index contributed by atoms with van der Waals surface area (Å²) in [4.78, 5) is 37.1. The summed E-state index contributed by atoms with van der Waals surface area (Å²) in [6.07, 6.45) is 53.8. The molecule has 0 heterocycles. The van der Waals surface area contributed by atoms with Crippen LogP contribution in [0.5, 0.6) is 0 Å². The van der Waals surface area contributed by atoms with Crippen LogP contribution in [-0.2, 0) is 28.6 Å². The number of hydrogen-bond acceptors (Lipinski definition) is 6. The van der Waals surface area contributed by atoms with Gasteiger partial charge in [0.1, 0.15) is 6.61 Å². The van der Waals surface area contributed by atoms with Crippen LogP contribution >= 0.6 is 0 Å². The fourth-order valence-electron chi connectivity index (χ4n) is 6.69. The number of carbonyl (C=O) groups is 3.